The maximum Gasteiger partial charge on any atom is 0.264 e. The van der Waals surface area contributed by atoms with Gasteiger partial charge in [0.2, 0.25) is 5.69 Å². The minimum absolute atomic E-state index is 0.0169. The van der Waals surface area contributed by atoms with Crippen LogP contribution in [0.25, 0.3) is 0 Å². The highest BCUT2D eigenvalue weighted by molar-refractivity contribution is 7.86. The van der Waals surface area contributed by atoms with E-state index in [1.807, 2.05) is 36.4 Å². The van der Waals surface area contributed by atoms with Crippen LogP contribution in [0.4, 0.5) is 11.4 Å². The predicted octanol–water partition coefficient (Wildman–Crippen LogP) is 5.84. The van der Waals surface area contributed by atoms with E-state index in [1.165, 1.54) is 5.56 Å². The van der Waals surface area contributed by atoms with Crippen molar-refractivity contribution in [2.24, 2.45) is 0 Å². The molecule has 2 aliphatic heterocycles. The molecule has 2 aromatic carbocycles. The summed E-state index contributed by atoms with van der Waals surface area (Å²) in [5, 5.41) is 0. The number of fused-ring (bicyclic) bond motifs is 2. The third-order valence-corrected chi connectivity index (χ3v) is 10.3. The van der Waals surface area contributed by atoms with E-state index in [4.69, 9.17) is 0 Å². The fraction of sp³-hybridized carbons (Fsp3) is 0.455. The highest BCUT2D eigenvalue weighted by atomic mass is 32.2. The molecular formula is C33H43N2O7S2+. The van der Waals surface area contributed by atoms with Crippen LogP contribution in [0.2, 0.25) is 0 Å². The molecule has 0 atom stereocenters. The number of carbonyl (C=O) groups excluding carboxylic acids is 1. The van der Waals surface area contributed by atoms with Gasteiger partial charge in [0.25, 0.3) is 20.2 Å². The Morgan fingerprint density at radius 1 is 0.864 bits per heavy atom. The van der Waals surface area contributed by atoms with Gasteiger partial charge in [0.1, 0.15) is 6.54 Å². The summed E-state index contributed by atoms with van der Waals surface area (Å²) < 4.78 is 65.7. The second kappa shape index (κ2) is 12.7. The Bertz CT molecular complexity index is 1750. The van der Waals surface area contributed by atoms with Crippen molar-refractivity contribution in [3.63, 3.8) is 0 Å². The summed E-state index contributed by atoms with van der Waals surface area (Å²) in [5.41, 5.74) is 6.17. The van der Waals surface area contributed by atoms with Crippen LogP contribution >= 0.6 is 0 Å². The van der Waals surface area contributed by atoms with Crippen LogP contribution in [0.1, 0.15) is 81.8 Å². The molecule has 0 fully saturated rings. The number of hydrogen-bond acceptors (Lipinski definition) is 6. The van der Waals surface area contributed by atoms with Crippen LogP contribution in [-0.2, 0) is 31.1 Å². The average molecular weight is 644 g/mol. The Labute approximate surface area is 261 Å². The molecule has 9 nitrogen and oxygen atoms in total. The van der Waals surface area contributed by atoms with E-state index < -0.39 is 25.7 Å². The number of carbonyl (C=O) groups is 1. The minimum Gasteiger partial charge on any atom is -0.344 e. The Morgan fingerprint density at radius 2 is 1.50 bits per heavy atom. The van der Waals surface area contributed by atoms with E-state index in [0.717, 1.165) is 28.3 Å². The van der Waals surface area contributed by atoms with Gasteiger partial charge in [-0.2, -0.15) is 21.4 Å². The van der Waals surface area contributed by atoms with Gasteiger partial charge in [-0.25, -0.2) is 0 Å². The van der Waals surface area contributed by atoms with Crippen LogP contribution in [0.15, 0.2) is 66.4 Å². The normalized spacial score (nSPS) is 18.3. The van der Waals surface area contributed by atoms with Crippen molar-refractivity contribution in [3.8, 4) is 0 Å². The number of para-hydroxylation sites is 1. The summed E-state index contributed by atoms with van der Waals surface area (Å²) in [6, 6.07) is 13.9. The molecule has 2 heterocycles. The van der Waals surface area contributed by atoms with Crippen molar-refractivity contribution in [3.05, 3.63) is 83.1 Å². The van der Waals surface area contributed by atoms with Gasteiger partial charge in [-0.1, -0.05) is 38.1 Å². The molecule has 0 radical (unpaired) electrons. The lowest BCUT2D eigenvalue weighted by atomic mass is 9.81. The zero-order chi connectivity index (χ0) is 32.5. The second-order valence-corrected chi connectivity index (χ2v) is 15.8. The zero-order valence-corrected chi connectivity index (χ0v) is 27.7. The summed E-state index contributed by atoms with van der Waals surface area (Å²) in [6.45, 7) is 11.2. The number of allylic oxidation sites excluding steroid dienone is 4. The van der Waals surface area contributed by atoms with Crippen LogP contribution in [-0.4, -0.2) is 66.6 Å². The topological polar surface area (TPSA) is 132 Å². The smallest absolute Gasteiger partial charge is 0.264 e. The molecule has 2 aromatic rings. The maximum absolute atomic E-state index is 12.2. The van der Waals surface area contributed by atoms with Crippen molar-refractivity contribution in [2.45, 2.75) is 71.1 Å². The first-order chi connectivity index (χ1) is 20.4. The summed E-state index contributed by atoms with van der Waals surface area (Å²) >= 11 is 0. The van der Waals surface area contributed by atoms with Gasteiger partial charge >= 0.3 is 0 Å². The second-order valence-electron chi connectivity index (χ2n) is 12.6. The number of anilines is 1. The Kier molecular flexibility index (Phi) is 9.75. The predicted molar refractivity (Wildman–Crippen MR) is 175 cm³/mol. The SMILES string of the molecule is CC(=O)c1ccc2c(c1)C(C)(C)/C(=C\C=C\C1=[N+](CCCCS(=O)(=O)O)c3ccccc3C1(C)C)N2CCCCS(=O)(=O)O. The molecule has 0 amide bonds. The quantitative estimate of drug-likeness (QED) is 0.120. The molecule has 44 heavy (non-hydrogen) atoms. The molecule has 0 saturated heterocycles. The number of rotatable bonds is 13. The standard InChI is InChI=1S/C33H42N2O7S2/c1-24(36)25-17-18-29-27(23-25)33(4,5)31(35(29)20-9-11-22-44(40,41)42)16-12-15-30-32(2,3)26-13-6-7-14-28(26)34(30)19-8-10-21-43(37,38)39/h6-7,12-18,23H,8-11,19-22H2,1-5H3,(H-,37,38,39,40,41,42)/p+1. The lowest BCUT2D eigenvalue weighted by molar-refractivity contribution is -0.438. The maximum atomic E-state index is 12.2. The first-order valence-corrected chi connectivity index (χ1v) is 18.1. The van der Waals surface area contributed by atoms with Crippen LogP contribution in [0, 0.1) is 0 Å². The Morgan fingerprint density at radius 3 is 2.14 bits per heavy atom. The summed E-state index contributed by atoms with van der Waals surface area (Å²) in [7, 11) is -8.06. The van der Waals surface area contributed by atoms with Crippen molar-refractivity contribution in [2.75, 3.05) is 29.5 Å². The first kappa shape index (κ1) is 33.8. The van der Waals surface area contributed by atoms with Gasteiger partial charge in [0, 0.05) is 53.0 Å². The highest BCUT2D eigenvalue weighted by Crippen LogP contribution is 2.48. The van der Waals surface area contributed by atoms with Crippen LogP contribution < -0.4 is 4.90 Å². The molecule has 238 valence electrons. The molecule has 0 saturated carbocycles. The van der Waals surface area contributed by atoms with E-state index >= 15 is 0 Å². The number of unbranched alkanes of at least 4 members (excludes halogenated alkanes) is 2. The van der Waals surface area contributed by atoms with Crippen molar-refractivity contribution in [1.82, 2.24) is 0 Å². The number of hydrogen-bond donors (Lipinski definition) is 2. The molecule has 0 spiro atoms. The van der Waals surface area contributed by atoms with Gasteiger partial charge < -0.3 is 4.90 Å². The van der Waals surface area contributed by atoms with E-state index in [-0.39, 0.29) is 22.7 Å². The molecule has 0 unspecified atom stereocenters. The van der Waals surface area contributed by atoms with Crippen molar-refractivity contribution >= 4 is 43.1 Å². The van der Waals surface area contributed by atoms with E-state index in [9.17, 15) is 30.7 Å². The van der Waals surface area contributed by atoms with E-state index in [1.54, 1.807) is 6.92 Å². The van der Waals surface area contributed by atoms with E-state index in [2.05, 4.69) is 61.5 Å². The number of benzene rings is 2. The molecule has 0 aromatic heterocycles. The molecule has 0 aliphatic carbocycles. The molecular weight excluding hydrogens is 601 g/mol. The first-order valence-electron chi connectivity index (χ1n) is 14.9. The van der Waals surface area contributed by atoms with Crippen molar-refractivity contribution < 1.29 is 35.3 Å². The fourth-order valence-electron chi connectivity index (χ4n) is 6.36. The van der Waals surface area contributed by atoms with Gasteiger partial charge in [-0.15, -0.1) is 0 Å². The lowest BCUT2D eigenvalue weighted by Gasteiger charge is -2.27. The van der Waals surface area contributed by atoms with E-state index in [0.29, 0.717) is 44.3 Å². The van der Waals surface area contributed by atoms with Gasteiger partial charge in [-0.05, 0) is 69.9 Å². The fourth-order valence-corrected chi connectivity index (χ4v) is 7.49. The highest BCUT2D eigenvalue weighted by Gasteiger charge is 2.44. The van der Waals surface area contributed by atoms with Gasteiger partial charge in [0.05, 0.1) is 16.9 Å². The lowest BCUT2D eigenvalue weighted by Crippen LogP contribution is -2.28. The Hall–Kier alpha value is -3.12. The summed E-state index contributed by atoms with van der Waals surface area (Å²) in [5.74, 6) is -0.589. The molecule has 2 N–H and O–H groups in total. The molecule has 11 heteroatoms. The van der Waals surface area contributed by atoms with Gasteiger partial charge in [-0.3, -0.25) is 13.9 Å². The summed E-state index contributed by atoms with van der Waals surface area (Å²) in [4.78, 5) is 14.4. The van der Waals surface area contributed by atoms with Crippen LogP contribution in [0.5, 0.6) is 0 Å². The third-order valence-electron chi connectivity index (χ3n) is 8.67. The monoisotopic (exact) mass is 643 g/mol. The molecule has 0 bridgehead atoms. The van der Waals surface area contributed by atoms with Gasteiger partial charge in [0.15, 0.2) is 11.5 Å². The Balaban J connectivity index is 1.70. The largest absolute Gasteiger partial charge is 0.344 e. The summed E-state index contributed by atoms with van der Waals surface area (Å²) in [6.07, 6.45) is 7.97. The van der Waals surface area contributed by atoms with Crippen molar-refractivity contribution in [1.29, 1.82) is 0 Å². The number of nitrogens with zero attached hydrogens (tertiary/aromatic N) is 2. The molecule has 4 rings (SSSR count). The zero-order valence-electron chi connectivity index (χ0n) is 26.1. The molecule has 2 aliphatic rings. The number of Topliss-reactive ketones (excluding diaryl/α,β-unsaturated/α-hetero) is 1. The third kappa shape index (κ3) is 7.39. The average Bonchev–Trinajstić information content (AvgIpc) is 3.26. The van der Waals surface area contributed by atoms with Crippen LogP contribution in [0.3, 0.4) is 0 Å². The number of ketones is 1. The minimum atomic E-state index is -4.04.